The van der Waals surface area contributed by atoms with Gasteiger partial charge in [0.15, 0.2) is 0 Å². The first kappa shape index (κ1) is 21.1. The van der Waals surface area contributed by atoms with Crippen molar-refractivity contribution in [2.75, 3.05) is 6.54 Å². The van der Waals surface area contributed by atoms with Crippen LogP contribution in [0.25, 0.3) is 0 Å². The average Bonchev–Trinajstić information content (AvgIpc) is 2.90. The summed E-state index contributed by atoms with van der Waals surface area (Å²) < 4.78 is 5.54. The summed E-state index contributed by atoms with van der Waals surface area (Å²) in [7, 11) is 0. The van der Waals surface area contributed by atoms with E-state index in [1.54, 1.807) is 6.07 Å². The first-order valence-corrected chi connectivity index (χ1v) is 12.6. The molecule has 2 aliphatic carbocycles. The summed E-state index contributed by atoms with van der Waals surface area (Å²) in [5.74, 6) is 4.03. The SMILES string of the molecule is CCCCCCCNC(=O)Oc1cc(Cl)c2c(c1)N=C1C3C[C@H]4CC(C[C@H](C3)C4)N1C2. The monoisotopic (exact) mass is 443 g/mol. The molecular weight excluding hydrogens is 410 g/mol. The van der Waals surface area contributed by atoms with Crippen LogP contribution in [-0.4, -0.2) is 29.4 Å². The number of halogens is 1. The zero-order chi connectivity index (χ0) is 21.4. The van der Waals surface area contributed by atoms with E-state index in [-0.39, 0.29) is 0 Å². The van der Waals surface area contributed by atoms with Gasteiger partial charge in [-0.1, -0.05) is 44.2 Å². The van der Waals surface area contributed by atoms with E-state index in [4.69, 9.17) is 21.3 Å². The first-order chi connectivity index (χ1) is 15.1. The van der Waals surface area contributed by atoms with Crippen LogP contribution in [0.4, 0.5) is 10.5 Å². The fourth-order valence-corrected chi connectivity index (χ4v) is 6.60. The Labute approximate surface area is 190 Å². The molecule has 0 unspecified atom stereocenters. The van der Waals surface area contributed by atoms with E-state index >= 15 is 0 Å². The van der Waals surface area contributed by atoms with Crippen molar-refractivity contribution in [1.82, 2.24) is 10.2 Å². The molecular formula is C25H34ClN3O2. The van der Waals surface area contributed by atoms with E-state index in [0.29, 0.717) is 29.3 Å². The number of rotatable bonds is 7. The second-order valence-electron chi connectivity index (χ2n) is 9.99. The van der Waals surface area contributed by atoms with Crippen LogP contribution in [0.5, 0.6) is 5.75 Å². The molecule has 0 aromatic heterocycles. The van der Waals surface area contributed by atoms with E-state index in [1.165, 1.54) is 57.2 Å². The van der Waals surface area contributed by atoms with Crippen LogP contribution in [0.15, 0.2) is 17.1 Å². The topological polar surface area (TPSA) is 53.9 Å². The van der Waals surface area contributed by atoms with Gasteiger partial charge in [0.05, 0.1) is 10.7 Å². The van der Waals surface area contributed by atoms with Gasteiger partial charge >= 0.3 is 6.09 Å². The number of benzene rings is 1. The number of hydrogen-bond acceptors (Lipinski definition) is 4. The Hall–Kier alpha value is -1.75. The Balaban J connectivity index is 1.27. The number of unbranched alkanes of at least 4 members (excludes halogenated alkanes) is 4. The molecule has 4 bridgehead atoms. The molecule has 1 amide bonds. The van der Waals surface area contributed by atoms with Crippen molar-refractivity contribution in [3.63, 3.8) is 0 Å². The number of amidine groups is 1. The molecule has 1 aromatic carbocycles. The zero-order valence-electron chi connectivity index (χ0n) is 18.5. The molecule has 0 radical (unpaired) electrons. The highest BCUT2D eigenvalue weighted by molar-refractivity contribution is 6.32. The van der Waals surface area contributed by atoms with Crippen LogP contribution >= 0.6 is 11.6 Å². The highest BCUT2D eigenvalue weighted by Crippen LogP contribution is 2.51. The van der Waals surface area contributed by atoms with Gasteiger partial charge in [-0.25, -0.2) is 9.79 Å². The fraction of sp³-hybridized carbons (Fsp3) is 0.680. The van der Waals surface area contributed by atoms with Gasteiger partial charge in [0.1, 0.15) is 11.6 Å². The molecule has 0 spiro atoms. The molecule has 2 atom stereocenters. The Bertz CT molecular complexity index is 857. The summed E-state index contributed by atoms with van der Waals surface area (Å²) in [6.45, 7) is 3.67. The summed E-state index contributed by atoms with van der Waals surface area (Å²) in [4.78, 5) is 19.9. The maximum absolute atomic E-state index is 12.2. The van der Waals surface area contributed by atoms with E-state index in [1.807, 2.05) is 6.07 Å². The standard InChI is InChI=1S/C25H34ClN3O2/c1-2-3-4-5-6-7-27-25(30)31-20-13-22(26)21-15-29-19-11-16-8-17(12-19)10-18(9-16)24(29)28-23(21)14-20/h13-14,16-19H,2-12,15H2,1H3,(H,27,30)/t16-,17-,18?,19?/m0/s1. The second kappa shape index (κ2) is 9.01. The Kier molecular flexibility index (Phi) is 6.14. The van der Waals surface area contributed by atoms with Crippen LogP contribution in [0.3, 0.4) is 0 Å². The third kappa shape index (κ3) is 4.44. The minimum Gasteiger partial charge on any atom is -0.410 e. The van der Waals surface area contributed by atoms with Crippen LogP contribution < -0.4 is 10.1 Å². The molecule has 1 N–H and O–H groups in total. The van der Waals surface area contributed by atoms with Crippen molar-refractivity contribution in [2.24, 2.45) is 22.7 Å². The quantitative estimate of drug-likeness (QED) is 0.492. The Morgan fingerprint density at radius 2 is 1.90 bits per heavy atom. The minimum absolute atomic E-state index is 0.415. The fourth-order valence-electron chi connectivity index (χ4n) is 6.34. The number of amides is 1. The molecule has 6 heteroatoms. The molecule has 5 aliphatic rings. The van der Waals surface area contributed by atoms with Crippen molar-refractivity contribution < 1.29 is 9.53 Å². The molecule has 2 saturated heterocycles. The summed E-state index contributed by atoms with van der Waals surface area (Å²) in [5.41, 5.74) is 1.94. The summed E-state index contributed by atoms with van der Waals surface area (Å²) >= 11 is 6.65. The van der Waals surface area contributed by atoms with E-state index in [2.05, 4.69) is 17.1 Å². The van der Waals surface area contributed by atoms with E-state index in [9.17, 15) is 4.79 Å². The molecule has 168 valence electrons. The number of nitrogens with one attached hydrogen (secondary N) is 1. The average molecular weight is 444 g/mol. The minimum atomic E-state index is -0.415. The van der Waals surface area contributed by atoms with Crippen LogP contribution in [0.2, 0.25) is 5.02 Å². The maximum Gasteiger partial charge on any atom is 0.412 e. The first-order valence-electron chi connectivity index (χ1n) is 12.2. The number of nitrogens with zero attached hydrogens (tertiary/aromatic N) is 2. The summed E-state index contributed by atoms with van der Waals surface area (Å²) in [5, 5.41) is 3.50. The maximum atomic E-state index is 12.2. The Morgan fingerprint density at radius 1 is 1.13 bits per heavy atom. The molecule has 6 rings (SSSR count). The van der Waals surface area contributed by atoms with Gasteiger partial charge in [0.25, 0.3) is 0 Å². The zero-order valence-corrected chi connectivity index (χ0v) is 19.3. The van der Waals surface area contributed by atoms with Gasteiger partial charge < -0.3 is 15.0 Å². The van der Waals surface area contributed by atoms with Gasteiger partial charge in [0.2, 0.25) is 0 Å². The molecule has 3 aliphatic heterocycles. The highest BCUT2D eigenvalue weighted by atomic mass is 35.5. The number of fused-ring (bicyclic) bond motifs is 1. The lowest BCUT2D eigenvalue weighted by atomic mass is 9.68. The van der Waals surface area contributed by atoms with Gasteiger partial charge in [-0.2, -0.15) is 0 Å². The van der Waals surface area contributed by atoms with Crippen molar-refractivity contribution in [1.29, 1.82) is 0 Å². The van der Waals surface area contributed by atoms with Gasteiger partial charge in [-0.3, -0.25) is 0 Å². The third-order valence-corrected chi connectivity index (χ3v) is 8.02. The van der Waals surface area contributed by atoms with Crippen LogP contribution in [0.1, 0.15) is 76.7 Å². The molecule has 2 saturated carbocycles. The molecule has 4 fully saturated rings. The van der Waals surface area contributed by atoms with Crippen LogP contribution in [0, 0.1) is 17.8 Å². The van der Waals surface area contributed by atoms with Gasteiger partial charge in [0, 0.05) is 42.7 Å². The van der Waals surface area contributed by atoms with Crippen molar-refractivity contribution in [3.8, 4) is 5.75 Å². The van der Waals surface area contributed by atoms with Gasteiger partial charge in [-0.05, 0) is 50.4 Å². The lowest BCUT2D eigenvalue weighted by molar-refractivity contribution is 0.128. The lowest BCUT2D eigenvalue weighted by Gasteiger charge is -2.39. The molecule has 3 heterocycles. The molecule has 31 heavy (non-hydrogen) atoms. The van der Waals surface area contributed by atoms with E-state index < -0.39 is 6.09 Å². The lowest BCUT2D eigenvalue weighted by Crippen LogP contribution is -2.42. The largest absolute Gasteiger partial charge is 0.412 e. The normalized spacial score (nSPS) is 27.9. The van der Waals surface area contributed by atoms with E-state index in [0.717, 1.165) is 42.5 Å². The van der Waals surface area contributed by atoms with Crippen molar-refractivity contribution >= 4 is 29.2 Å². The smallest absolute Gasteiger partial charge is 0.410 e. The predicted molar refractivity (Wildman–Crippen MR) is 124 cm³/mol. The summed E-state index contributed by atoms with van der Waals surface area (Å²) in [6, 6.07) is 4.27. The van der Waals surface area contributed by atoms with Crippen molar-refractivity contribution in [2.45, 2.75) is 83.7 Å². The Morgan fingerprint density at radius 3 is 2.68 bits per heavy atom. The second-order valence-corrected chi connectivity index (χ2v) is 10.4. The molecule has 1 aromatic rings. The number of hydrogen-bond donors (Lipinski definition) is 1. The number of carbonyl (C=O) groups is 1. The predicted octanol–water partition coefficient (Wildman–Crippen LogP) is 6.45. The number of aliphatic imine (C=N–C) groups is 1. The number of carbonyl (C=O) groups excluding carboxylic acids is 1. The van der Waals surface area contributed by atoms with Crippen LogP contribution in [-0.2, 0) is 6.54 Å². The summed E-state index contributed by atoms with van der Waals surface area (Å²) in [6.07, 6.45) is 12.0. The van der Waals surface area contributed by atoms with Crippen molar-refractivity contribution in [3.05, 3.63) is 22.7 Å². The highest BCUT2D eigenvalue weighted by Gasteiger charge is 2.46. The van der Waals surface area contributed by atoms with Gasteiger partial charge in [-0.15, -0.1) is 0 Å². The number of ether oxygens (including phenoxy) is 1. The third-order valence-electron chi connectivity index (χ3n) is 7.68. The molecule has 5 nitrogen and oxygen atoms in total.